The number of hydrogen-bond donors (Lipinski definition) is 1. The summed E-state index contributed by atoms with van der Waals surface area (Å²) in [5, 5.41) is 10.3. The van der Waals surface area contributed by atoms with E-state index in [2.05, 4.69) is 12.1 Å². The summed E-state index contributed by atoms with van der Waals surface area (Å²) in [6.45, 7) is 0. The average Bonchev–Trinajstić information content (AvgIpc) is 2.59. The van der Waals surface area contributed by atoms with Gasteiger partial charge in [-0.1, -0.05) is 30.3 Å². The molecule has 1 heterocycles. The summed E-state index contributed by atoms with van der Waals surface area (Å²) in [4.78, 5) is 12.9. The van der Waals surface area contributed by atoms with E-state index in [1.807, 2.05) is 18.2 Å². The molecule has 2 rings (SSSR count). The largest absolute Gasteiger partial charge is 0.371 e. The Morgan fingerprint density at radius 2 is 2.06 bits per heavy atom. The molecule has 1 saturated heterocycles. The molecule has 3 nitrogen and oxygen atoms in total. The number of hydrogen-bond acceptors (Lipinski definition) is 2. The Morgan fingerprint density at radius 3 is 2.65 bits per heavy atom. The van der Waals surface area contributed by atoms with Crippen molar-refractivity contribution < 1.29 is 9.90 Å². The lowest BCUT2D eigenvalue weighted by molar-refractivity contribution is -0.142. The molecule has 3 heteroatoms. The second-order valence-corrected chi connectivity index (χ2v) is 4.77. The molecule has 0 saturated carbocycles. The molecule has 17 heavy (non-hydrogen) atoms. The van der Waals surface area contributed by atoms with Gasteiger partial charge in [0.05, 0.1) is 0 Å². The van der Waals surface area contributed by atoms with Gasteiger partial charge in [0.25, 0.3) is 0 Å². The highest BCUT2D eigenvalue weighted by Gasteiger charge is 2.40. The summed E-state index contributed by atoms with van der Waals surface area (Å²) in [7, 11) is 1.69. The maximum absolute atomic E-state index is 11.4. The van der Waals surface area contributed by atoms with Crippen molar-refractivity contribution in [2.24, 2.45) is 0 Å². The van der Waals surface area contributed by atoms with Crippen molar-refractivity contribution in [3.05, 3.63) is 35.9 Å². The quantitative estimate of drug-likeness (QED) is 0.863. The molecule has 1 aliphatic rings. The minimum Gasteiger partial charge on any atom is -0.371 e. The molecule has 1 unspecified atom stereocenters. The SMILES string of the molecule is CN1C(=O)CCC1(O)CCCc1ccccc1. The predicted octanol–water partition coefficient (Wildman–Crippen LogP) is 1.95. The van der Waals surface area contributed by atoms with E-state index >= 15 is 0 Å². The van der Waals surface area contributed by atoms with Crippen molar-refractivity contribution in [2.75, 3.05) is 7.05 Å². The van der Waals surface area contributed by atoms with Crippen molar-refractivity contribution in [2.45, 2.75) is 37.8 Å². The van der Waals surface area contributed by atoms with Crippen LogP contribution in [-0.4, -0.2) is 28.7 Å². The number of carbonyl (C=O) groups excluding carboxylic acids is 1. The van der Waals surface area contributed by atoms with Gasteiger partial charge in [-0.25, -0.2) is 0 Å². The van der Waals surface area contributed by atoms with Crippen LogP contribution in [0.3, 0.4) is 0 Å². The summed E-state index contributed by atoms with van der Waals surface area (Å²) in [5.41, 5.74) is 0.370. The molecule has 1 aromatic rings. The van der Waals surface area contributed by atoms with Crippen LogP contribution >= 0.6 is 0 Å². The lowest BCUT2D eigenvalue weighted by atomic mass is 10.0. The molecule has 0 aliphatic carbocycles. The Balaban J connectivity index is 1.85. The molecule has 1 fully saturated rings. The number of aryl methyl sites for hydroxylation is 1. The molecule has 0 spiro atoms. The van der Waals surface area contributed by atoms with Crippen LogP contribution in [0.1, 0.15) is 31.2 Å². The summed E-state index contributed by atoms with van der Waals surface area (Å²) in [6.07, 6.45) is 3.54. The van der Waals surface area contributed by atoms with E-state index in [1.165, 1.54) is 10.5 Å². The van der Waals surface area contributed by atoms with E-state index in [0.717, 1.165) is 12.8 Å². The van der Waals surface area contributed by atoms with E-state index in [9.17, 15) is 9.90 Å². The van der Waals surface area contributed by atoms with Crippen molar-refractivity contribution >= 4 is 5.91 Å². The zero-order valence-electron chi connectivity index (χ0n) is 10.2. The second-order valence-electron chi connectivity index (χ2n) is 4.77. The van der Waals surface area contributed by atoms with Crippen LogP contribution < -0.4 is 0 Å². The number of benzene rings is 1. The van der Waals surface area contributed by atoms with E-state index in [4.69, 9.17) is 0 Å². The lowest BCUT2D eigenvalue weighted by Gasteiger charge is -2.30. The number of nitrogens with zero attached hydrogens (tertiary/aromatic N) is 1. The third-order valence-electron chi connectivity index (χ3n) is 3.62. The maximum atomic E-state index is 11.4. The van der Waals surface area contributed by atoms with Gasteiger partial charge in [0.15, 0.2) is 0 Å². The van der Waals surface area contributed by atoms with Crippen LogP contribution in [0.2, 0.25) is 0 Å². The van der Waals surface area contributed by atoms with Crippen LogP contribution in [0.5, 0.6) is 0 Å². The van der Waals surface area contributed by atoms with E-state index < -0.39 is 5.72 Å². The fraction of sp³-hybridized carbons (Fsp3) is 0.500. The van der Waals surface area contributed by atoms with Gasteiger partial charge in [0.1, 0.15) is 5.72 Å². The van der Waals surface area contributed by atoms with Crippen LogP contribution in [-0.2, 0) is 11.2 Å². The third-order valence-corrected chi connectivity index (χ3v) is 3.62. The van der Waals surface area contributed by atoms with Crippen LogP contribution in [0.4, 0.5) is 0 Å². The van der Waals surface area contributed by atoms with E-state index in [1.54, 1.807) is 7.05 Å². The molecule has 1 amide bonds. The maximum Gasteiger partial charge on any atom is 0.224 e. The summed E-state index contributed by atoms with van der Waals surface area (Å²) in [6, 6.07) is 10.2. The van der Waals surface area contributed by atoms with Gasteiger partial charge in [0.2, 0.25) is 5.91 Å². The number of rotatable bonds is 4. The zero-order chi connectivity index (χ0) is 12.3. The smallest absolute Gasteiger partial charge is 0.224 e. The minimum atomic E-state index is -0.911. The lowest BCUT2D eigenvalue weighted by Crippen LogP contribution is -2.42. The molecular weight excluding hydrogens is 214 g/mol. The van der Waals surface area contributed by atoms with Gasteiger partial charge < -0.3 is 10.0 Å². The first kappa shape index (κ1) is 12.1. The van der Waals surface area contributed by atoms with E-state index in [0.29, 0.717) is 19.3 Å². The second kappa shape index (κ2) is 4.88. The highest BCUT2D eigenvalue weighted by Crippen LogP contribution is 2.30. The van der Waals surface area contributed by atoms with Gasteiger partial charge in [-0.2, -0.15) is 0 Å². The molecule has 0 radical (unpaired) electrons. The Labute approximate surface area is 102 Å². The van der Waals surface area contributed by atoms with Crippen LogP contribution in [0.25, 0.3) is 0 Å². The first-order valence-corrected chi connectivity index (χ1v) is 6.15. The van der Waals surface area contributed by atoms with Crippen molar-refractivity contribution in [1.82, 2.24) is 4.90 Å². The van der Waals surface area contributed by atoms with Gasteiger partial charge in [-0.3, -0.25) is 4.79 Å². The summed E-state index contributed by atoms with van der Waals surface area (Å²) < 4.78 is 0. The Morgan fingerprint density at radius 1 is 1.35 bits per heavy atom. The van der Waals surface area contributed by atoms with Crippen LogP contribution in [0.15, 0.2) is 30.3 Å². The molecular formula is C14H19NO2. The fourth-order valence-corrected chi connectivity index (χ4v) is 2.39. The molecule has 92 valence electrons. The van der Waals surface area contributed by atoms with Gasteiger partial charge >= 0.3 is 0 Å². The Hall–Kier alpha value is -1.35. The number of likely N-dealkylation sites (tertiary alicyclic amines) is 1. The minimum absolute atomic E-state index is 0.0483. The number of aliphatic hydroxyl groups is 1. The van der Waals surface area contributed by atoms with Crippen molar-refractivity contribution in [3.63, 3.8) is 0 Å². The topological polar surface area (TPSA) is 40.5 Å². The molecule has 1 N–H and O–H groups in total. The van der Waals surface area contributed by atoms with Crippen molar-refractivity contribution in [1.29, 1.82) is 0 Å². The molecule has 1 aromatic carbocycles. The normalized spacial score (nSPS) is 24.4. The molecule has 1 aliphatic heterocycles. The Bertz CT molecular complexity index is 390. The van der Waals surface area contributed by atoms with Crippen LogP contribution in [0, 0.1) is 0 Å². The summed E-state index contributed by atoms with van der Waals surface area (Å²) in [5.74, 6) is 0.0483. The molecule has 0 bridgehead atoms. The zero-order valence-corrected chi connectivity index (χ0v) is 10.2. The number of carbonyl (C=O) groups is 1. The monoisotopic (exact) mass is 233 g/mol. The highest BCUT2D eigenvalue weighted by atomic mass is 16.3. The fourth-order valence-electron chi connectivity index (χ4n) is 2.39. The van der Waals surface area contributed by atoms with Gasteiger partial charge in [0, 0.05) is 19.9 Å². The molecule has 1 atom stereocenters. The van der Waals surface area contributed by atoms with Crippen molar-refractivity contribution in [3.8, 4) is 0 Å². The standard InChI is InChI=1S/C14H19NO2/c1-15-13(16)9-11-14(15,17)10-5-8-12-6-3-2-4-7-12/h2-4,6-7,17H,5,8-11H2,1H3. The molecule has 0 aromatic heterocycles. The van der Waals surface area contributed by atoms with Gasteiger partial charge in [-0.15, -0.1) is 0 Å². The summed E-state index contributed by atoms with van der Waals surface area (Å²) >= 11 is 0. The average molecular weight is 233 g/mol. The third kappa shape index (κ3) is 2.67. The van der Waals surface area contributed by atoms with Gasteiger partial charge in [-0.05, 0) is 24.8 Å². The first-order valence-electron chi connectivity index (χ1n) is 6.15. The predicted molar refractivity (Wildman–Crippen MR) is 66.3 cm³/mol. The van der Waals surface area contributed by atoms with E-state index in [-0.39, 0.29) is 5.91 Å². The highest BCUT2D eigenvalue weighted by molar-refractivity contribution is 5.78. The first-order chi connectivity index (χ1) is 8.12. The number of amides is 1. The Kier molecular flexibility index (Phi) is 3.48.